The Morgan fingerprint density at radius 2 is 2.05 bits per heavy atom. The topological polar surface area (TPSA) is 49.9 Å². The molecule has 2 rings (SSSR count). The molecule has 2 amide bonds. The maximum atomic E-state index is 12.4. The summed E-state index contributed by atoms with van der Waals surface area (Å²) in [4.78, 5) is 27.9. The fourth-order valence-corrected chi connectivity index (χ4v) is 2.93. The van der Waals surface area contributed by atoms with Crippen molar-refractivity contribution in [3.05, 3.63) is 22.4 Å². The molecule has 116 valence electrons. The Bertz CT molecular complexity index is 507. The number of nitrogens with zero attached hydrogens (tertiary/aromatic N) is 2. The van der Waals surface area contributed by atoms with Gasteiger partial charge in [-0.3, -0.25) is 4.79 Å². The third-order valence-electron chi connectivity index (χ3n) is 3.31. The van der Waals surface area contributed by atoms with Gasteiger partial charge in [0.2, 0.25) is 0 Å². The van der Waals surface area contributed by atoms with Crippen LogP contribution in [0.25, 0.3) is 0 Å². The Balaban J connectivity index is 1.96. The molecule has 5 nitrogen and oxygen atoms in total. The molecule has 0 radical (unpaired) electrons. The highest BCUT2D eigenvalue weighted by atomic mass is 32.1. The number of hydrogen-bond donors (Lipinski definition) is 0. The van der Waals surface area contributed by atoms with Gasteiger partial charge in [0.1, 0.15) is 5.60 Å². The van der Waals surface area contributed by atoms with Gasteiger partial charge in [-0.25, -0.2) is 4.79 Å². The maximum Gasteiger partial charge on any atom is 0.410 e. The average Bonchev–Trinajstić information content (AvgIpc) is 2.89. The van der Waals surface area contributed by atoms with Crippen LogP contribution < -0.4 is 0 Å². The quantitative estimate of drug-likeness (QED) is 0.801. The minimum Gasteiger partial charge on any atom is -0.444 e. The van der Waals surface area contributed by atoms with E-state index in [4.69, 9.17) is 4.74 Å². The lowest BCUT2D eigenvalue weighted by Crippen LogP contribution is -2.56. The summed E-state index contributed by atoms with van der Waals surface area (Å²) >= 11 is 1.51. The van der Waals surface area contributed by atoms with Gasteiger partial charge < -0.3 is 14.5 Å². The Hall–Kier alpha value is -1.56. The molecule has 0 spiro atoms. The number of thiophene rings is 1. The number of ether oxygens (including phenoxy) is 1. The molecule has 21 heavy (non-hydrogen) atoms. The van der Waals surface area contributed by atoms with Crippen molar-refractivity contribution in [1.29, 1.82) is 0 Å². The van der Waals surface area contributed by atoms with Crippen molar-refractivity contribution in [2.45, 2.75) is 39.3 Å². The summed E-state index contributed by atoms with van der Waals surface area (Å²) in [5.74, 6) is 0.0348. The van der Waals surface area contributed by atoms with Crippen molar-refractivity contribution in [1.82, 2.24) is 9.80 Å². The molecular weight excluding hydrogens is 288 g/mol. The van der Waals surface area contributed by atoms with Crippen LogP contribution in [0.15, 0.2) is 16.8 Å². The van der Waals surface area contributed by atoms with Crippen LogP contribution in [0.3, 0.4) is 0 Å². The van der Waals surface area contributed by atoms with E-state index in [-0.39, 0.29) is 18.0 Å². The van der Waals surface area contributed by atoms with Crippen LogP contribution >= 0.6 is 11.3 Å². The van der Waals surface area contributed by atoms with Crippen molar-refractivity contribution >= 4 is 23.3 Å². The normalized spacial score (nSPS) is 19.5. The Morgan fingerprint density at radius 1 is 1.33 bits per heavy atom. The molecule has 1 saturated heterocycles. The van der Waals surface area contributed by atoms with Gasteiger partial charge in [-0.1, -0.05) is 0 Å². The second-order valence-corrected chi connectivity index (χ2v) is 7.07. The van der Waals surface area contributed by atoms with E-state index in [9.17, 15) is 9.59 Å². The number of piperazine rings is 1. The van der Waals surface area contributed by atoms with E-state index in [2.05, 4.69) is 0 Å². The predicted molar refractivity (Wildman–Crippen MR) is 82.6 cm³/mol. The number of hydrogen-bond acceptors (Lipinski definition) is 4. The average molecular weight is 310 g/mol. The van der Waals surface area contributed by atoms with Gasteiger partial charge in [-0.2, -0.15) is 11.3 Å². The van der Waals surface area contributed by atoms with Crippen LogP contribution in [0.4, 0.5) is 4.79 Å². The summed E-state index contributed by atoms with van der Waals surface area (Å²) in [7, 11) is 0. The maximum absolute atomic E-state index is 12.4. The van der Waals surface area contributed by atoms with Crippen LogP contribution in [0, 0.1) is 0 Å². The summed E-state index contributed by atoms with van der Waals surface area (Å²) in [5.41, 5.74) is 0.224. The third-order valence-corrected chi connectivity index (χ3v) is 3.99. The molecule has 0 saturated carbocycles. The van der Waals surface area contributed by atoms with E-state index in [0.29, 0.717) is 19.6 Å². The van der Waals surface area contributed by atoms with Crippen molar-refractivity contribution in [3.63, 3.8) is 0 Å². The van der Waals surface area contributed by atoms with Gasteiger partial charge >= 0.3 is 6.09 Å². The lowest BCUT2D eigenvalue weighted by atomic mass is 10.1. The SMILES string of the molecule is C[C@@H]1CN(C(=O)OC(C)(C)C)CCN1C(=O)c1ccsc1. The van der Waals surface area contributed by atoms with Crippen LogP contribution in [0.2, 0.25) is 0 Å². The zero-order valence-corrected chi connectivity index (χ0v) is 13.8. The first-order chi connectivity index (χ1) is 9.78. The summed E-state index contributed by atoms with van der Waals surface area (Å²) in [6.45, 7) is 9.07. The zero-order chi connectivity index (χ0) is 15.6. The molecule has 1 aromatic heterocycles. The van der Waals surface area contributed by atoms with Crippen molar-refractivity contribution in [2.24, 2.45) is 0 Å². The Kier molecular flexibility index (Phi) is 4.56. The molecule has 0 N–H and O–H groups in total. The summed E-state index contributed by atoms with van der Waals surface area (Å²) < 4.78 is 5.38. The molecule has 1 aliphatic heterocycles. The summed E-state index contributed by atoms with van der Waals surface area (Å²) in [6.07, 6.45) is -0.308. The first-order valence-electron chi connectivity index (χ1n) is 7.09. The smallest absolute Gasteiger partial charge is 0.410 e. The van der Waals surface area contributed by atoms with E-state index in [1.54, 1.807) is 4.90 Å². The second-order valence-electron chi connectivity index (χ2n) is 6.29. The molecule has 1 aliphatic rings. The molecule has 0 bridgehead atoms. The summed E-state index contributed by atoms with van der Waals surface area (Å²) in [5, 5.41) is 3.75. The minimum atomic E-state index is -0.496. The number of amides is 2. The highest BCUT2D eigenvalue weighted by Crippen LogP contribution is 2.18. The van der Waals surface area contributed by atoms with Gasteiger partial charge in [-0.15, -0.1) is 0 Å². The molecule has 0 unspecified atom stereocenters. The van der Waals surface area contributed by atoms with Crippen molar-refractivity contribution in [3.8, 4) is 0 Å². The van der Waals surface area contributed by atoms with Crippen LogP contribution in [-0.4, -0.2) is 53.1 Å². The van der Waals surface area contributed by atoms with Crippen molar-refractivity contribution < 1.29 is 14.3 Å². The van der Waals surface area contributed by atoms with Crippen LogP contribution in [0.5, 0.6) is 0 Å². The molecule has 1 atom stereocenters. The molecular formula is C15H22N2O3S. The van der Waals surface area contributed by atoms with E-state index in [1.807, 2.05) is 49.4 Å². The summed E-state index contributed by atoms with van der Waals surface area (Å²) in [6, 6.07) is 1.82. The van der Waals surface area contributed by atoms with Gasteiger partial charge in [0.05, 0.1) is 5.56 Å². The minimum absolute atomic E-state index is 0.0151. The monoisotopic (exact) mass is 310 g/mol. The number of rotatable bonds is 1. The largest absolute Gasteiger partial charge is 0.444 e. The van der Waals surface area contributed by atoms with E-state index < -0.39 is 5.60 Å². The first-order valence-corrected chi connectivity index (χ1v) is 8.03. The van der Waals surface area contributed by atoms with Crippen molar-refractivity contribution in [2.75, 3.05) is 19.6 Å². The van der Waals surface area contributed by atoms with Gasteiger partial charge in [0.25, 0.3) is 5.91 Å². The zero-order valence-electron chi connectivity index (χ0n) is 13.0. The van der Waals surface area contributed by atoms with Gasteiger partial charge in [0, 0.05) is 31.1 Å². The Morgan fingerprint density at radius 3 is 2.57 bits per heavy atom. The first kappa shape index (κ1) is 15.8. The van der Waals surface area contributed by atoms with Crippen LogP contribution in [-0.2, 0) is 4.74 Å². The van der Waals surface area contributed by atoms with E-state index in [0.717, 1.165) is 5.56 Å². The molecule has 2 heterocycles. The number of carbonyl (C=O) groups is 2. The van der Waals surface area contributed by atoms with Crippen LogP contribution in [0.1, 0.15) is 38.1 Å². The fraction of sp³-hybridized carbons (Fsp3) is 0.600. The fourth-order valence-electron chi connectivity index (χ4n) is 2.30. The Labute approximate surface area is 129 Å². The molecule has 0 aromatic carbocycles. The molecule has 1 fully saturated rings. The lowest BCUT2D eigenvalue weighted by Gasteiger charge is -2.40. The molecule has 1 aromatic rings. The predicted octanol–water partition coefficient (Wildman–Crippen LogP) is 2.83. The number of carbonyl (C=O) groups excluding carboxylic acids is 2. The van der Waals surface area contributed by atoms with E-state index >= 15 is 0 Å². The highest BCUT2D eigenvalue weighted by molar-refractivity contribution is 7.08. The van der Waals surface area contributed by atoms with Gasteiger partial charge in [0.15, 0.2) is 0 Å². The molecule has 6 heteroatoms. The highest BCUT2D eigenvalue weighted by Gasteiger charge is 2.32. The standard InChI is InChI=1S/C15H22N2O3S/c1-11-9-16(14(19)20-15(2,3)4)6-7-17(11)13(18)12-5-8-21-10-12/h5,8,10-11H,6-7,9H2,1-4H3/t11-/m1/s1. The lowest BCUT2D eigenvalue weighted by molar-refractivity contribution is 0.00618. The van der Waals surface area contributed by atoms with E-state index in [1.165, 1.54) is 11.3 Å². The van der Waals surface area contributed by atoms with Gasteiger partial charge in [-0.05, 0) is 39.1 Å². The third kappa shape index (κ3) is 3.97. The second kappa shape index (κ2) is 6.05. The molecule has 0 aliphatic carbocycles.